The number of hydrogen-bond acceptors (Lipinski definition) is 5. The van der Waals surface area contributed by atoms with Gasteiger partial charge in [-0.25, -0.2) is 0 Å². The molecule has 1 aliphatic heterocycles. The average Bonchev–Trinajstić information content (AvgIpc) is 3.38. The zero-order chi connectivity index (χ0) is 20.7. The van der Waals surface area contributed by atoms with E-state index in [2.05, 4.69) is 5.32 Å². The van der Waals surface area contributed by atoms with Crippen molar-refractivity contribution in [2.75, 3.05) is 12.1 Å². The summed E-state index contributed by atoms with van der Waals surface area (Å²) in [6.07, 6.45) is 0. The van der Waals surface area contributed by atoms with E-state index < -0.39 is 0 Å². The van der Waals surface area contributed by atoms with Gasteiger partial charge >= 0.3 is 0 Å². The Morgan fingerprint density at radius 3 is 2.43 bits per heavy atom. The molecular weight excluding hydrogens is 382 g/mol. The lowest BCUT2D eigenvalue weighted by molar-refractivity contribution is 0.101. The molecule has 2 heterocycles. The Bertz CT molecular complexity index is 1290. The van der Waals surface area contributed by atoms with Crippen LogP contribution >= 0.6 is 0 Å². The number of nitrogens with one attached hydrogen (secondary N) is 1. The first kappa shape index (κ1) is 18.0. The standard InChI is InChI=1S/C24H17NO5/c1-14-6-8-15(9-7-14)24(27)25-21-17-4-2-3-5-18(17)30-23(21)22(26)16-10-11-19-20(12-16)29-13-28-19/h2-12H,13H2,1H3,(H,25,27). The lowest BCUT2D eigenvalue weighted by Crippen LogP contribution is -2.14. The van der Waals surface area contributed by atoms with Crippen molar-refractivity contribution in [1.29, 1.82) is 0 Å². The molecule has 6 heteroatoms. The van der Waals surface area contributed by atoms with Crippen LogP contribution in [0.25, 0.3) is 11.0 Å². The first-order valence-corrected chi connectivity index (χ1v) is 9.44. The summed E-state index contributed by atoms with van der Waals surface area (Å²) in [5, 5.41) is 3.52. The van der Waals surface area contributed by atoms with E-state index in [0.29, 0.717) is 39.3 Å². The van der Waals surface area contributed by atoms with Gasteiger partial charge in [0.2, 0.25) is 12.6 Å². The smallest absolute Gasteiger partial charge is 0.255 e. The van der Waals surface area contributed by atoms with Gasteiger partial charge in [-0.15, -0.1) is 0 Å². The third kappa shape index (κ3) is 3.08. The number of ketones is 1. The van der Waals surface area contributed by atoms with Gasteiger partial charge in [0.1, 0.15) is 5.58 Å². The highest BCUT2D eigenvalue weighted by Gasteiger charge is 2.25. The van der Waals surface area contributed by atoms with Crippen LogP contribution in [0.5, 0.6) is 11.5 Å². The molecule has 0 bridgehead atoms. The van der Waals surface area contributed by atoms with Crippen molar-refractivity contribution in [3.8, 4) is 11.5 Å². The Morgan fingerprint density at radius 2 is 1.60 bits per heavy atom. The summed E-state index contributed by atoms with van der Waals surface area (Å²) in [6, 6.07) is 19.4. The molecule has 1 amide bonds. The Labute approximate surface area is 172 Å². The maximum atomic E-state index is 13.3. The van der Waals surface area contributed by atoms with Gasteiger partial charge in [0.15, 0.2) is 17.3 Å². The van der Waals surface area contributed by atoms with Gasteiger partial charge in [-0.3, -0.25) is 9.59 Å². The number of aryl methyl sites for hydroxylation is 1. The van der Waals surface area contributed by atoms with Crippen molar-refractivity contribution in [3.63, 3.8) is 0 Å². The minimum atomic E-state index is -0.358. The zero-order valence-electron chi connectivity index (χ0n) is 16.1. The number of carbonyl (C=O) groups is 2. The topological polar surface area (TPSA) is 77.8 Å². The Morgan fingerprint density at radius 1 is 0.867 bits per heavy atom. The largest absolute Gasteiger partial charge is 0.454 e. The summed E-state index contributed by atoms with van der Waals surface area (Å²) < 4.78 is 16.5. The summed E-state index contributed by atoms with van der Waals surface area (Å²) in [5.41, 5.74) is 2.79. The normalized spacial score (nSPS) is 12.2. The molecule has 6 nitrogen and oxygen atoms in total. The van der Waals surface area contributed by atoms with Crippen LogP contribution < -0.4 is 14.8 Å². The Kier molecular flexibility index (Phi) is 4.25. The molecular formula is C24H17NO5. The number of hydrogen-bond donors (Lipinski definition) is 1. The van der Waals surface area contributed by atoms with Crippen LogP contribution in [-0.4, -0.2) is 18.5 Å². The minimum Gasteiger partial charge on any atom is -0.454 e. The monoisotopic (exact) mass is 399 g/mol. The average molecular weight is 399 g/mol. The molecule has 1 aromatic heterocycles. The number of benzene rings is 3. The van der Waals surface area contributed by atoms with Crippen LogP contribution in [0, 0.1) is 6.92 Å². The van der Waals surface area contributed by atoms with E-state index in [1.165, 1.54) is 0 Å². The van der Waals surface area contributed by atoms with Gasteiger partial charge in [-0.2, -0.15) is 0 Å². The van der Waals surface area contributed by atoms with E-state index in [4.69, 9.17) is 13.9 Å². The van der Waals surface area contributed by atoms with E-state index in [1.54, 1.807) is 42.5 Å². The first-order chi connectivity index (χ1) is 14.6. The molecule has 0 fully saturated rings. The number of furan rings is 1. The van der Waals surface area contributed by atoms with Crippen LogP contribution in [-0.2, 0) is 0 Å². The van der Waals surface area contributed by atoms with Gasteiger partial charge in [0.05, 0.1) is 5.69 Å². The lowest BCUT2D eigenvalue weighted by atomic mass is 10.1. The van der Waals surface area contributed by atoms with Gasteiger partial charge in [0, 0.05) is 16.5 Å². The molecule has 0 saturated heterocycles. The number of ether oxygens (including phenoxy) is 2. The van der Waals surface area contributed by atoms with E-state index in [-0.39, 0.29) is 24.2 Å². The molecule has 0 radical (unpaired) electrons. The molecule has 1 N–H and O–H groups in total. The quantitative estimate of drug-likeness (QED) is 0.491. The summed E-state index contributed by atoms with van der Waals surface area (Å²) in [5.74, 6) is 0.478. The predicted octanol–water partition coefficient (Wildman–Crippen LogP) is 4.95. The number of anilines is 1. The lowest BCUT2D eigenvalue weighted by Gasteiger charge is -2.07. The molecule has 0 atom stereocenters. The van der Waals surface area contributed by atoms with E-state index in [0.717, 1.165) is 5.56 Å². The number of fused-ring (bicyclic) bond motifs is 2. The molecule has 0 spiro atoms. The van der Waals surface area contributed by atoms with Gasteiger partial charge in [-0.1, -0.05) is 29.8 Å². The van der Waals surface area contributed by atoms with Crippen LogP contribution in [0.2, 0.25) is 0 Å². The van der Waals surface area contributed by atoms with Crippen LogP contribution in [0.15, 0.2) is 71.1 Å². The van der Waals surface area contributed by atoms with Gasteiger partial charge in [0.25, 0.3) is 5.91 Å². The zero-order valence-corrected chi connectivity index (χ0v) is 16.1. The van der Waals surface area contributed by atoms with Gasteiger partial charge < -0.3 is 19.2 Å². The fraction of sp³-hybridized carbons (Fsp3) is 0.0833. The predicted molar refractivity (Wildman–Crippen MR) is 111 cm³/mol. The third-order valence-corrected chi connectivity index (χ3v) is 4.99. The summed E-state index contributed by atoms with van der Waals surface area (Å²) in [6.45, 7) is 2.07. The summed E-state index contributed by atoms with van der Waals surface area (Å²) in [4.78, 5) is 26.1. The summed E-state index contributed by atoms with van der Waals surface area (Å²) in [7, 11) is 0. The van der Waals surface area contributed by atoms with Crippen molar-refractivity contribution in [2.24, 2.45) is 0 Å². The molecule has 0 aliphatic carbocycles. The van der Waals surface area contributed by atoms with Crippen molar-refractivity contribution < 1.29 is 23.5 Å². The second-order valence-electron chi connectivity index (χ2n) is 7.02. The van der Waals surface area contributed by atoms with Gasteiger partial charge in [-0.05, 0) is 49.4 Å². The van der Waals surface area contributed by atoms with Crippen LogP contribution in [0.1, 0.15) is 32.0 Å². The third-order valence-electron chi connectivity index (χ3n) is 4.99. The molecule has 148 valence electrons. The number of amides is 1. The van der Waals surface area contributed by atoms with E-state index in [9.17, 15) is 9.59 Å². The minimum absolute atomic E-state index is 0.0653. The molecule has 30 heavy (non-hydrogen) atoms. The van der Waals surface area contributed by atoms with Crippen molar-refractivity contribution in [3.05, 3.63) is 89.2 Å². The highest BCUT2D eigenvalue weighted by atomic mass is 16.7. The van der Waals surface area contributed by atoms with Crippen molar-refractivity contribution >= 4 is 28.3 Å². The van der Waals surface area contributed by atoms with Crippen LogP contribution in [0.4, 0.5) is 5.69 Å². The first-order valence-electron chi connectivity index (χ1n) is 9.44. The molecule has 0 saturated carbocycles. The summed E-state index contributed by atoms with van der Waals surface area (Å²) >= 11 is 0. The maximum absolute atomic E-state index is 13.3. The Hall–Kier alpha value is -4.06. The molecule has 1 aliphatic rings. The molecule has 0 unspecified atom stereocenters. The van der Waals surface area contributed by atoms with Crippen molar-refractivity contribution in [1.82, 2.24) is 0 Å². The van der Waals surface area contributed by atoms with E-state index >= 15 is 0 Å². The maximum Gasteiger partial charge on any atom is 0.255 e. The SMILES string of the molecule is Cc1ccc(C(=O)Nc2c(C(=O)c3ccc4c(c3)OCO4)oc3ccccc23)cc1. The number of rotatable bonds is 4. The number of para-hydroxylation sites is 1. The number of carbonyl (C=O) groups excluding carboxylic acids is 2. The second kappa shape index (κ2) is 7.08. The van der Waals surface area contributed by atoms with E-state index in [1.807, 2.05) is 31.2 Å². The Balaban J connectivity index is 1.56. The highest BCUT2D eigenvalue weighted by molar-refractivity contribution is 6.19. The molecule has 5 rings (SSSR count). The van der Waals surface area contributed by atoms with Crippen molar-refractivity contribution in [2.45, 2.75) is 6.92 Å². The highest BCUT2D eigenvalue weighted by Crippen LogP contribution is 2.36. The fourth-order valence-corrected chi connectivity index (χ4v) is 3.39. The molecule has 3 aromatic carbocycles. The second-order valence-corrected chi connectivity index (χ2v) is 7.02. The molecule has 4 aromatic rings. The fourth-order valence-electron chi connectivity index (χ4n) is 3.39. The van der Waals surface area contributed by atoms with Crippen LogP contribution in [0.3, 0.4) is 0 Å².